The summed E-state index contributed by atoms with van der Waals surface area (Å²) in [5, 5.41) is 2.67. The molecule has 0 atom stereocenters. The minimum Gasteiger partial charge on any atom is -0.496 e. The van der Waals surface area contributed by atoms with Gasteiger partial charge in [-0.05, 0) is 75.0 Å². The number of rotatable bonds is 3. The zero-order valence-electron chi connectivity index (χ0n) is 19.0. The van der Waals surface area contributed by atoms with Gasteiger partial charge in [0.15, 0.2) is 5.11 Å². The quantitative estimate of drug-likeness (QED) is 0.350. The lowest BCUT2D eigenvalue weighted by Crippen LogP contribution is -2.54. The zero-order chi connectivity index (χ0) is 24.1. The summed E-state index contributed by atoms with van der Waals surface area (Å²) >= 11 is 8.68. The van der Waals surface area contributed by atoms with Crippen LogP contribution < -0.4 is 19.9 Å². The van der Waals surface area contributed by atoms with Gasteiger partial charge < -0.3 is 9.64 Å². The van der Waals surface area contributed by atoms with Gasteiger partial charge in [-0.25, -0.2) is 0 Å². The predicted molar refractivity (Wildman–Crippen MR) is 139 cm³/mol. The number of benzene rings is 2. The van der Waals surface area contributed by atoms with Crippen LogP contribution in [-0.2, 0) is 9.59 Å². The van der Waals surface area contributed by atoms with Crippen molar-refractivity contribution in [2.45, 2.75) is 26.3 Å². The van der Waals surface area contributed by atoms with E-state index in [2.05, 4.69) is 53.0 Å². The third-order valence-corrected chi connectivity index (χ3v) is 6.87. The maximum Gasteiger partial charge on any atom is 0.270 e. The summed E-state index contributed by atoms with van der Waals surface area (Å²) in [7, 11) is 3.61. The first-order valence-electron chi connectivity index (χ1n) is 10.4. The summed E-state index contributed by atoms with van der Waals surface area (Å²) in [6, 6.07) is 11.0. The Balaban J connectivity index is 1.81. The maximum absolute atomic E-state index is 13.4. The largest absolute Gasteiger partial charge is 0.496 e. The minimum absolute atomic E-state index is 0.0177. The topological polar surface area (TPSA) is 61.9 Å². The summed E-state index contributed by atoms with van der Waals surface area (Å²) in [5.41, 5.74) is 4.20. The number of nitrogens with one attached hydrogen (secondary N) is 1. The van der Waals surface area contributed by atoms with E-state index in [1.54, 1.807) is 25.3 Å². The van der Waals surface area contributed by atoms with Crippen molar-refractivity contribution in [2.24, 2.45) is 0 Å². The molecule has 2 amide bonds. The summed E-state index contributed by atoms with van der Waals surface area (Å²) in [5.74, 6) is -0.456. The molecule has 1 saturated heterocycles. The maximum atomic E-state index is 13.4. The van der Waals surface area contributed by atoms with Crippen molar-refractivity contribution in [3.05, 3.63) is 63.6 Å². The second-order valence-corrected chi connectivity index (χ2v) is 9.89. The molecule has 1 N–H and O–H groups in total. The molecule has 0 aliphatic carbocycles. The van der Waals surface area contributed by atoms with E-state index in [-0.39, 0.29) is 16.2 Å². The first-order chi connectivity index (χ1) is 15.5. The molecule has 8 heteroatoms. The highest BCUT2D eigenvalue weighted by Gasteiger charge is 2.35. The molecule has 6 nitrogen and oxygen atoms in total. The van der Waals surface area contributed by atoms with E-state index in [1.807, 2.05) is 31.3 Å². The molecular formula is C25H24BrN3O3S. The molecule has 170 valence electrons. The second-order valence-electron chi connectivity index (χ2n) is 8.59. The van der Waals surface area contributed by atoms with E-state index in [4.69, 9.17) is 17.0 Å². The lowest BCUT2D eigenvalue weighted by atomic mass is 9.88. The van der Waals surface area contributed by atoms with Crippen molar-refractivity contribution in [3.8, 4) is 5.75 Å². The van der Waals surface area contributed by atoms with Gasteiger partial charge >= 0.3 is 0 Å². The van der Waals surface area contributed by atoms with E-state index in [0.29, 0.717) is 17.0 Å². The molecule has 2 aliphatic rings. The summed E-state index contributed by atoms with van der Waals surface area (Å²) in [6.07, 6.45) is 3.77. The molecule has 0 saturated carbocycles. The Hall–Kier alpha value is -2.97. The van der Waals surface area contributed by atoms with Gasteiger partial charge in [-0.15, -0.1) is 0 Å². The Morgan fingerprint density at radius 3 is 2.45 bits per heavy atom. The molecule has 1 fully saturated rings. The lowest BCUT2D eigenvalue weighted by molar-refractivity contribution is -0.122. The number of thiocarbonyl (C=S) groups is 1. The van der Waals surface area contributed by atoms with Crippen LogP contribution in [0.1, 0.15) is 31.9 Å². The van der Waals surface area contributed by atoms with Crippen LogP contribution in [0.5, 0.6) is 5.75 Å². The van der Waals surface area contributed by atoms with Crippen LogP contribution >= 0.6 is 28.1 Å². The van der Waals surface area contributed by atoms with E-state index in [1.165, 1.54) is 4.90 Å². The number of ether oxygens (including phenoxy) is 1. The number of likely N-dealkylation sites (N-methyl/N-ethyl adjacent to an activating group) is 1. The van der Waals surface area contributed by atoms with Crippen molar-refractivity contribution in [1.82, 2.24) is 5.32 Å². The molecular weight excluding hydrogens is 502 g/mol. The lowest BCUT2D eigenvalue weighted by Gasteiger charge is -2.41. The van der Waals surface area contributed by atoms with Crippen LogP contribution in [0.15, 0.2) is 52.5 Å². The van der Waals surface area contributed by atoms with E-state index in [9.17, 15) is 9.59 Å². The highest BCUT2D eigenvalue weighted by molar-refractivity contribution is 9.10. The number of carbonyl (C=O) groups excluding carboxylic acids is 2. The van der Waals surface area contributed by atoms with Gasteiger partial charge in [0.05, 0.1) is 18.3 Å². The SMILES string of the molecule is COc1cc2c(cc1/C=C1/C(=O)NC(=S)N(c3ccc(Br)cc3)C1=O)C(C)=CC(C)(C)N2C. The fourth-order valence-electron chi connectivity index (χ4n) is 4.12. The van der Waals surface area contributed by atoms with Crippen molar-refractivity contribution in [1.29, 1.82) is 0 Å². The van der Waals surface area contributed by atoms with Gasteiger partial charge in [-0.2, -0.15) is 0 Å². The number of anilines is 2. The van der Waals surface area contributed by atoms with E-state index < -0.39 is 11.8 Å². The Kier molecular flexibility index (Phi) is 5.92. The first kappa shape index (κ1) is 23.2. The number of nitrogens with zero attached hydrogens (tertiary/aromatic N) is 2. The number of carbonyl (C=O) groups is 2. The number of hydrogen-bond donors (Lipinski definition) is 1. The van der Waals surface area contributed by atoms with Gasteiger partial charge in [0.1, 0.15) is 11.3 Å². The fourth-order valence-corrected chi connectivity index (χ4v) is 4.67. The Bertz CT molecular complexity index is 1250. The van der Waals surface area contributed by atoms with E-state index in [0.717, 1.165) is 21.3 Å². The Labute approximate surface area is 207 Å². The Morgan fingerprint density at radius 2 is 1.82 bits per heavy atom. The molecule has 2 heterocycles. The number of fused-ring (bicyclic) bond motifs is 1. The zero-order valence-corrected chi connectivity index (χ0v) is 21.4. The minimum atomic E-state index is -0.538. The number of hydrogen-bond acceptors (Lipinski definition) is 5. The van der Waals surface area contributed by atoms with Gasteiger partial charge in [-0.3, -0.25) is 19.8 Å². The van der Waals surface area contributed by atoms with Gasteiger partial charge in [0, 0.05) is 34.4 Å². The molecule has 2 aromatic carbocycles. The average molecular weight is 526 g/mol. The third kappa shape index (κ3) is 4.09. The molecule has 0 aromatic heterocycles. The molecule has 33 heavy (non-hydrogen) atoms. The number of amides is 2. The van der Waals surface area contributed by atoms with Crippen LogP contribution in [0.4, 0.5) is 11.4 Å². The van der Waals surface area contributed by atoms with Crippen molar-refractivity contribution < 1.29 is 14.3 Å². The summed E-state index contributed by atoms with van der Waals surface area (Å²) in [6.45, 7) is 6.35. The highest BCUT2D eigenvalue weighted by Crippen LogP contribution is 2.42. The smallest absolute Gasteiger partial charge is 0.270 e. The number of allylic oxidation sites excluding steroid dienone is 1. The van der Waals surface area contributed by atoms with Crippen molar-refractivity contribution >= 4 is 68.1 Å². The van der Waals surface area contributed by atoms with Gasteiger partial charge in [0.2, 0.25) is 0 Å². The molecule has 2 aromatic rings. The first-order valence-corrected chi connectivity index (χ1v) is 11.6. The highest BCUT2D eigenvalue weighted by atomic mass is 79.9. The number of methoxy groups -OCH3 is 1. The van der Waals surface area contributed by atoms with Gasteiger partial charge in [-0.1, -0.05) is 22.0 Å². The van der Waals surface area contributed by atoms with Crippen LogP contribution in [0, 0.1) is 0 Å². The third-order valence-electron chi connectivity index (χ3n) is 6.05. The monoisotopic (exact) mass is 525 g/mol. The number of halogens is 1. The average Bonchev–Trinajstić information content (AvgIpc) is 2.75. The molecule has 0 unspecified atom stereocenters. The molecule has 0 bridgehead atoms. The van der Waals surface area contributed by atoms with Crippen LogP contribution in [0.3, 0.4) is 0 Å². The molecule has 0 radical (unpaired) electrons. The molecule has 4 rings (SSSR count). The molecule has 2 aliphatic heterocycles. The standard InChI is InChI=1S/C25H24BrN3O3S/c1-14-13-25(2,3)28(4)20-12-21(32-5)15(10-18(14)20)11-19-22(30)27-24(33)29(23(19)31)17-8-6-16(26)7-9-17/h6-13H,1-5H3,(H,27,30,33)/b19-11-. The summed E-state index contributed by atoms with van der Waals surface area (Å²) < 4.78 is 6.51. The normalized spacial score (nSPS) is 18.8. The van der Waals surface area contributed by atoms with Gasteiger partial charge in [0.25, 0.3) is 11.8 Å². The second kappa shape index (κ2) is 8.43. The predicted octanol–water partition coefficient (Wildman–Crippen LogP) is 4.92. The van der Waals surface area contributed by atoms with Crippen molar-refractivity contribution in [2.75, 3.05) is 24.0 Å². The van der Waals surface area contributed by atoms with E-state index >= 15 is 0 Å². The van der Waals surface area contributed by atoms with Crippen LogP contribution in [0.2, 0.25) is 0 Å². The molecule has 0 spiro atoms. The van der Waals surface area contributed by atoms with Crippen LogP contribution in [-0.4, -0.2) is 36.6 Å². The Morgan fingerprint density at radius 1 is 1.15 bits per heavy atom. The summed E-state index contributed by atoms with van der Waals surface area (Å²) in [4.78, 5) is 29.6. The van der Waals surface area contributed by atoms with Crippen molar-refractivity contribution in [3.63, 3.8) is 0 Å². The fraction of sp³-hybridized carbons (Fsp3) is 0.240. The van der Waals surface area contributed by atoms with Crippen LogP contribution in [0.25, 0.3) is 11.6 Å².